The van der Waals surface area contributed by atoms with E-state index >= 15 is 0 Å². The van der Waals surface area contributed by atoms with Gasteiger partial charge in [0, 0.05) is 26.2 Å². The van der Waals surface area contributed by atoms with Gasteiger partial charge in [-0.2, -0.15) is 4.31 Å². The first kappa shape index (κ1) is 18.6. The van der Waals surface area contributed by atoms with Gasteiger partial charge < -0.3 is 4.90 Å². The number of nitrogens with zero attached hydrogens (tertiary/aromatic N) is 2. The summed E-state index contributed by atoms with van der Waals surface area (Å²) in [4.78, 5) is 14.0. The zero-order valence-corrected chi connectivity index (χ0v) is 15.9. The molecule has 0 bridgehead atoms. The smallest absolute Gasteiger partial charge is 0.255 e. The van der Waals surface area contributed by atoms with Crippen LogP contribution in [-0.2, 0) is 10.0 Å². The van der Waals surface area contributed by atoms with Gasteiger partial charge >= 0.3 is 0 Å². The number of thiophene rings is 1. The van der Waals surface area contributed by atoms with E-state index < -0.39 is 15.8 Å². The van der Waals surface area contributed by atoms with E-state index in [0.717, 1.165) is 17.4 Å². The molecular formula is C15H13Cl2FN2O3S2. The second kappa shape index (κ2) is 7.20. The molecule has 1 aromatic heterocycles. The standard InChI is InChI=1S/C15H13Cl2FN2O3S2/c16-12-9-10(18)1-2-11(12)15(21)19-5-7-20(8-6-19)25(22,23)14-4-3-13(17)24-14/h1-4,9H,5-8H2. The summed E-state index contributed by atoms with van der Waals surface area (Å²) >= 11 is 12.7. The number of halogens is 3. The number of amides is 1. The van der Waals surface area contributed by atoms with Crippen LogP contribution in [0.1, 0.15) is 10.4 Å². The van der Waals surface area contributed by atoms with Crippen molar-refractivity contribution in [3.63, 3.8) is 0 Å². The van der Waals surface area contributed by atoms with Gasteiger partial charge in [-0.1, -0.05) is 23.2 Å². The molecule has 0 aliphatic carbocycles. The van der Waals surface area contributed by atoms with Gasteiger partial charge in [0.1, 0.15) is 10.0 Å². The minimum absolute atomic E-state index is 0.0354. The van der Waals surface area contributed by atoms with Crippen LogP contribution in [-0.4, -0.2) is 49.7 Å². The van der Waals surface area contributed by atoms with E-state index in [-0.39, 0.29) is 46.9 Å². The molecule has 0 radical (unpaired) electrons. The molecule has 0 unspecified atom stereocenters. The van der Waals surface area contributed by atoms with Crippen molar-refractivity contribution in [2.24, 2.45) is 0 Å². The Bertz CT molecular complexity index is 909. The average Bonchev–Trinajstić information content (AvgIpc) is 3.02. The first-order valence-electron chi connectivity index (χ1n) is 7.29. The van der Waals surface area contributed by atoms with Crippen molar-refractivity contribution in [1.82, 2.24) is 9.21 Å². The fourth-order valence-electron chi connectivity index (χ4n) is 2.53. The third-order valence-electron chi connectivity index (χ3n) is 3.83. The SMILES string of the molecule is O=C(c1ccc(F)cc1Cl)N1CCN(S(=O)(=O)c2ccc(Cl)s2)CC1. The van der Waals surface area contributed by atoms with Gasteiger partial charge in [-0.05, 0) is 30.3 Å². The summed E-state index contributed by atoms with van der Waals surface area (Å²) in [7, 11) is -3.61. The molecule has 1 fully saturated rings. The van der Waals surface area contributed by atoms with Crippen molar-refractivity contribution in [3.05, 3.63) is 51.1 Å². The Morgan fingerprint density at radius 1 is 1.08 bits per heavy atom. The van der Waals surface area contributed by atoms with Gasteiger partial charge in [0.2, 0.25) is 0 Å². The highest BCUT2D eigenvalue weighted by Gasteiger charge is 2.31. The fraction of sp³-hybridized carbons (Fsp3) is 0.267. The van der Waals surface area contributed by atoms with Crippen LogP contribution in [0.15, 0.2) is 34.5 Å². The van der Waals surface area contributed by atoms with E-state index in [2.05, 4.69) is 0 Å². The molecule has 5 nitrogen and oxygen atoms in total. The van der Waals surface area contributed by atoms with Gasteiger partial charge in [-0.15, -0.1) is 11.3 Å². The monoisotopic (exact) mass is 422 g/mol. The van der Waals surface area contributed by atoms with Crippen LogP contribution in [0.3, 0.4) is 0 Å². The number of carbonyl (C=O) groups excluding carboxylic acids is 1. The Balaban J connectivity index is 1.70. The van der Waals surface area contributed by atoms with E-state index in [0.29, 0.717) is 4.34 Å². The average molecular weight is 423 g/mol. The first-order valence-corrected chi connectivity index (χ1v) is 10.3. The summed E-state index contributed by atoms with van der Waals surface area (Å²) in [6, 6.07) is 6.58. The summed E-state index contributed by atoms with van der Waals surface area (Å²) in [5.41, 5.74) is 0.199. The van der Waals surface area contributed by atoms with Gasteiger partial charge in [0.05, 0.1) is 14.9 Å². The number of hydrogen-bond acceptors (Lipinski definition) is 4. The molecule has 0 saturated carbocycles. The summed E-state index contributed by atoms with van der Waals surface area (Å²) in [6.07, 6.45) is 0. The minimum Gasteiger partial charge on any atom is -0.336 e. The zero-order valence-electron chi connectivity index (χ0n) is 12.8. The van der Waals surface area contributed by atoms with Gasteiger partial charge in [0.25, 0.3) is 15.9 Å². The number of hydrogen-bond donors (Lipinski definition) is 0. The summed E-state index contributed by atoms with van der Waals surface area (Å²) in [5, 5.41) is 0.0354. The molecular weight excluding hydrogens is 410 g/mol. The molecule has 2 aromatic rings. The van der Waals surface area contributed by atoms with Crippen LogP contribution in [0.25, 0.3) is 0 Å². The van der Waals surface area contributed by atoms with Crippen molar-refractivity contribution in [2.45, 2.75) is 4.21 Å². The quantitative estimate of drug-likeness (QED) is 0.761. The number of benzene rings is 1. The molecule has 1 aliphatic rings. The topological polar surface area (TPSA) is 57.7 Å². The Morgan fingerprint density at radius 2 is 1.76 bits per heavy atom. The van der Waals surface area contributed by atoms with Crippen molar-refractivity contribution >= 4 is 50.5 Å². The lowest BCUT2D eigenvalue weighted by molar-refractivity contribution is 0.0698. The maximum Gasteiger partial charge on any atom is 0.255 e. The Labute approximate surface area is 158 Å². The van der Waals surface area contributed by atoms with Crippen LogP contribution < -0.4 is 0 Å². The highest BCUT2D eigenvalue weighted by molar-refractivity contribution is 7.91. The minimum atomic E-state index is -3.61. The second-order valence-electron chi connectivity index (χ2n) is 5.38. The van der Waals surface area contributed by atoms with E-state index in [1.54, 1.807) is 0 Å². The highest BCUT2D eigenvalue weighted by Crippen LogP contribution is 2.29. The van der Waals surface area contributed by atoms with Crippen LogP contribution in [0.2, 0.25) is 9.36 Å². The van der Waals surface area contributed by atoms with Crippen molar-refractivity contribution in [2.75, 3.05) is 26.2 Å². The molecule has 1 amide bonds. The zero-order chi connectivity index (χ0) is 18.2. The predicted molar refractivity (Wildman–Crippen MR) is 95.4 cm³/mol. The second-order valence-corrected chi connectivity index (χ2v) is 9.67. The molecule has 25 heavy (non-hydrogen) atoms. The molecule has 0 atom stereocenters. The number of piperazine rings is 1. The van der Waals surface area contributed by atoms with Crippen LogP contribution in [0, 0.1) is 5.82 Å². The van der Waals surface area contributed by atoms with E-state index in [9.17, 15) is 17.6 Å². The summed E-state index contributed by atoms with van der Waals surface area (Å²) in [5.74, 6) is -0.867. The van der Waals surface area contributed by atoms with Crippen LogP contribution in [0.5, 0.6) is 0 Å². The lowest BCUT2D eigenvalue weighted by Gasteiger charge is -2.33. The Hall–Kier alpha value is -1.19. The van der Waals surface area contributed by atoms with Crippen LogP contribution in [0.4, 0.5) is 4.39 Å². The summed E-state index contributed by atoms with van der Waals surface area (Å²) in [6.45, 7) is 0.792. The van der Waals surface area contributed by atoms with Gasteiger partial charge in [-0.3, -0.25) is 4.79 Å². The molecule has 0 spiro atoms. The largest absolute Gasteiger partial charge is 0.336 e. The van der Waals surface area contributed by atoms with Gasteiger partial charge in [-0.25, -0.2) is 12.8 Å². The van der Waals surface area contributed by atoms with E-state index in [1.165, 1.54) is 33.5 Å². The predicted octanol–water partition coefficient (Wildman–Crippen LogP) is 3.34. The third kappa shape index (κ3) is 3.83. The Morgan fingerprint density at radius 3 is 2.32 bits per heavy atom. The van der Waals surface area contributed by atoms with E-state index in [4.69, 9.17) is 23.2 Å². The van der Waals surface area contributed by atoms with Gasteiger partial charge in [0.15, 0.2) is 0 Å². The molecule has 2 heterocycles. The molecule has 10 heteroatoms. The molecule has 3 rings (SSSR count). The molecule has 1 aromatic carbocycles. The first-order chi connectivity index (χ1) is 11.8. The lowest BCUT2D eigenvalue weighted by Crippen LogP contribution is -2.50. The lowest BCUT2D eigenvalue weighted by atomic mass is 10.2. The molecule has 0 N–H and O–H groups in total. The fourth-order valence-corrected chi connectivity index (χ4v) is 5.84. The number of sulfonamides is 1. The number of carbonyl (C=O) groups is 1. The number of rotatable bonds is 3. The molecule has 1 aliphatic heterocycles. The van der Waals surface area contributed by atoms with Crippen LogP contribution >= 0.6 is 34.5 Å². The maximum atomic E-state index is 13.1. The van der Waals surface area contributed by atoms with Crippen molar-refractivity contribution < 1.29 is 17.6 Å². The normalized spacial score (nSPS) is 16.2. The highest BCUT2D eigenvalue weighted by atomic mass is 35.5. The maximum absolute atomic E-state index is 13.1. The molecule has 134 valence electrons. The summed E-state index contributed by atoms with van der Waals surface area (Å²) < 4.78 is 40.1. The van der Waals surface area contributed by atoms with Crippen molar-refractivity contribution in [3.8, 4) is 0 Å². The Kier molecular flexibility index (Phi) is 5.36. The molecule has 1 saturated heterocycles. The third-order valence-corrected chi connectivity index (χ3v) is 7.74. The van der Waals surface area contributed by atoms with E-state index in [1.807, 2.05) is 0 Å². The van der Waals surface area contributed by atoms with Crippen molar-refractivity contribution in [1.29, 1.82) is 0 Å².